The van der Waals surface area contributed by atoms with Crippen LogP contribution in [0.15, 0.2) is 24.3 Å². The molecule has 2 aliphatic rings. The molecule has 5 nitrogen and oxygen atoms in total. The number of para-hydroxylation sites is 1. The molecule has 1 aromatic rings. The second-order valence-corrected chi connectivity index (χ2v) is 8.16. The minimum Gasteiger partial charge on any atom is -0.444 e. The van der Waals surface area contributed by atoms with Crippen LogP contribution in [0.1, 0.15) is 46.1 Å². The Kier molecular flexibility index (Phi) is 4.76. The second kappa shape index (κ2) is 6.70. The summed E-state index contributed by atoms with van der Waals surface area (Å²) in [6, 6.07) is 8.27. The van der Waals surface area contributed by atoms with Gasteiger partial charge in [0.2, 0.25) is 5.91 Å². The molecular weight excluding hydrogens is 316 g/mol. The van der Waals surface area contributed by atoms with E-state index in [4.69, 9.17) is 4.74 Å². The number of likely N-dealkylation sites (tertiary alicyclic amines) is 1. The molecule has 0 aliphatic carbocycles. The molecule has 3 rings (SSSR count). The average Bonchev–Trinajstić information content (AvgIpc) is 2.88. The molecule has 0 bridgehead atoms. The number of amides is 2. The number of anilines is 1. The topological polar surface area (TPSA) is 49.9 Å². The highest BCUT2D eigenvalue weighted by atomic mass is 16.6. The maximum atomic E-state index is 13.2. The predicted octanol–water partition coefficient (Wildman–Crippen LogP) is 3.61. The zero-order valence-corrected chi connectivity index (χ0v) is 15.6. The van der Waals surface area contributed by atoms with Crippen LogP contribution in [0.25, 0.3) is 0 Å². The molecular formula is C20H28N2O3. The number of hydrogen-bond donors (Lipinski definition) is 0. The third kappa shape index (κ3) is 3.80. The van der Waals surface area contributed by atoms with E-state index in [1.165, 1.54) is 5.56 Å². The minimum absolute atomic E-state index is 0.130. The van der Waals surface area contributed by atoms with E-state index in [1.807, 2.05) is 43.9 Å². The number of fused-ring (bicyclic) bond motifs is 1. The van der Waals surface area contributed by atoms with Crippen molar-refractivity contribution >= 4 is 17.7 Å². The summed E-state index contributed by atoms with van der Waals surface area (Å²) in [5, 5.41) is 0. The number of rotatable bonds is 1. The molecule has 0 N–H and O–H groups in total. The van der Waals surface area contributed by atoms with E-state index in [-0.39, 0.29) is 24.0 Å². The molecule has 136 valence electrons. The average molecular weight is 344 g/mol. The van der Waals surface area contributed by atoms with Crippen LogP contribution in [-0.2, 0) is 16.0 Å². The molecule has 5 heteroatoms. The lowest BCUT2D eigenvalue weighted by molar-refractivity contribution is -0.124. The van der Waals surface area contributed by atoms with E-state index >= 15 is 0 Å². The van der Waals surface area contributed by atoms with Crippen molar-refractivity contribution in [2.45, 2.75) is 58.6 Å². The van der Waals surface area contributed by atoms with Gasteiger partial charge in [-0.3, -0.25) is 4.79 Å². The lowest BCUT2D eigenvalue weighted by Gasteiger charge is -2.36. The van der Waals surface area contributed by atoms with Gasteiger partial charge in [-0.25, -0.2) is 4.79 Å². The van der Waals surface area contributed by atoms with Gasteiger partial charge in [0.25, 0.3) is 0 Å². The van der Waals surface area contributed by atoms with E-state index in [9.17, 15) is 9.59 Å². The molecule has 0 spiro atoms. The molecule has 2 amide bonds. The summed E-state index contributed by atoms with van der Waals surface area (Å²) in [6.07, 6.45) is 2.23. The number of carbonyl (C=O) groups excluding carboxylic acids is 2. The van der Waals surface area contributed by atoms with E-state index in [0.29, 0.717) is 13.1 Å². The molecule has 0 aromatic heterocycles. The largest absolute Gasteiger partial charge is 0.444 e. The highest BCUT2D eigenvalue weighted by Gasteiger charge is 2.37. The Labute approximate surface area is 149 Å². The highest BCUT2D eigenvalue weighted by molar-refractivity contribution is 5.98. The molecule has 0 unspecified atom stereocenters. The summed E-state index contributed by atoms with van der Waals surface area (Å²) in [4.78, 5) is 29.1. The second-order valence-electron chi connectivity index (χ2n) is 8.16. The Morgan fingerprint density at radius 2 is 1.92 bits per heavy atom. The fourth-order valence-electron chi connectivity index (χ4n) is 3.77. The Bertz CT molecular complexity index is 665. The first kappa shape index (κ1) is 17.8. The van der Waals surface area contributed by atoms with Crippen LogP contribution in [0.4, 0.5) is 10.5 Å². The third-order valence-electron chi connectivity index (χ3n) is 4.87. The first-order chi connectivity index (χ1) is 11.8. The molecule has 1 saturated heterocycles. The Balaban J connectivity index is 1.71. The third-order valence-corrected chi connectivity index (χ3v) is 4.87. The number of nitrogens with zero attached hydrogens (tertiary/aromatic N) is 2. The normalized spacial score (nSPS) is 23.4. The first-order valence-electron chi connectivity index (χ1n) is 9.15. The zero-order chi connectivity index (χ0) is 18.2. The van der Waals surface area contributed by atoms with Crippen molar-refractivity contribution in [1.82, 2.24) is 4.90 Å². The van der Waals surface area contributed by atoms with Gasteiger partial charge in [-0.1, -0.05) is 18.2 Å². The number of piperidine rings is 1. The lowest BCUT2D eigenvalue weighted by atomic mass is 9.96. The molecule has 2 atom stereocenters. The van der Waals surface area contributed by atoms with Gasteiger partial charge in [0.15, 0.2) is 0 Å². The van der Waals surface area contributed by atoms with Gasteiger partial charge in [0.1, 0.15) is 5.60 Å². The first-order valence-corrected chi connectivity index (χ1v) is 9.15. The number of hydrogen-bond acceptors (Lipinski definition) is 3. The number of benzene rings is 1. The SMILES string of the molecule is C[C@H]1Cc2ccccc2N1C(=O)[C@H]1CCCN(C(=O)OC(C)(C)C)C1. The summed E-state index contributed by atoms with van der Waals surface area (Å²) in [6.45, 7) is 8.78. The molecule has 2 aliphatic heterocycles. The van der Waals surface area contributed by atoms with Gasteiger partial charge in [-0.2, -0.15) is 0 Å². The van der Waals surface area contributed by atoms with Gasteiger partial charge in [0, 0.05) is 24.8 Å². The monoisotopic (exact) mass is 344 g/mol. The van der Waals surface area contributed by atoms with E-state index in [0.717, 1.165) is 24.9 Å². The molecule has 25 heavy (non-hydrogen) atoms. The maximum absolute atomic E-state index is 13.2. The standard InChI is InChI=1S/C20H28N2O3/c1-14-12-15-8-5-6-10-17(15)22(14)18(23)16-9-7-11-21(13-16)19(24)25-20(2,3)4/h5-6,8,10,14,16H,7,9,11-13H2,1-4H3/t14-,16-/m0/s1. The minimum atomic E-state index is -0.517. The summed E-state index contributed by atoms with van der Waals surface area (Å²) in [7, 11) is 0. The summed E-state index contributed by atoms with van der Waals surface area (Å²) >= 11 is 0. The van der Waals surface area contributed by atoms with Crippen LogP contribution < -0.4 is 4.90 Å². The number of carbonyl (C=O) groups is 2. The molecule has 1 aromatic carbocycles. The van der Waals surface area contributed by atoms with Crippen molar-refractivity contribution in [3.63, 3.8) is 0 Å². The molecule has 0 saturated carbocycles. The maximum Gasteiger partial charge on any atom is 0.410 e. The van der Waals surface area contributed by atoms with Crippen LogP contribution in [0, 0.1) is 5.92 Å². The lowest BCUT2D eigenvalue weighted by Crippen LogP contribution is -2.49. The van der Waals surface area contributed by atoms with Gasteiger partial charge in [-0.15, -0.1) is 0 Å². The summed E-state index contributed by atoms with van der Waals surface area (Å²) in [5.41, 5.74) is 1.73. The molecule has 0 radical (unpaired) electrons. The van der Waals surface area contributed by atoms with Crippen LogP contribution in [0.5, 0.6) is 0 Å². The molecule has 1 fully saturated rings. The predicted molar refractivity (Wildman–Crippen MR) is 97.6 cm³/mol. The van der Waals surface area contributed by atoms with Crippen molar-refractivity contribution in [1.29, 1.82) is 0 Å². The van der Waals surface area contributed by atoms with E-state index in [1.54, 1.807) is 4.90 Å². The van der Waals surface area contributed by atoms with Crippen LogP contribution >= 0.6 is 0 Å². The Hall–Kier alpha value is -2.04. The van der Waals surface area contributed by atoms with Crippen LogP contribution in [0.3, 0.4) is 0 Å². The van der Waals surface area contributed by atoms with E-state index < -0.39 is 5.60 Å². The van der Waals surface area contributed by atoms with Crippen molar-refractivity contribution in [3.05, 3.63) is 29.8 Å². The van der Waals surface area contributed by atoms with E-state index in [2.05, 4.69) is 13.0 Å². The van der Waals surface area contributed by atoms with Gasteiger partial charge >= 0.3 is 6.09 Å². The van der Waals surface area contributed by atoms with Crippen LogP contribution in [-0.4, -0.2) is 41.6 Å². The molecule has 2 heterocycles. The van der Waals surface area contributed by atoms with Gasteiger partial charge < -0.3 is 14.5 Å². The van der Waals surface area contributed by atoms with Gasteiger partial charge in [-0.05, 0) is 58.6 Å². The van der Waals surface area contributed by atoms with Crippen LogP contribution in [0.2, 0.25) is 0 Å². The van der Waals surface area contributed by atoms with Crippen molar-refractivity contribution < 1.29 is 14.3 Å². The Morgan fingerprint density at radius 3 is 2.64 bits per heavy atom. The number of ether oxygens (including phenoxy) is 1. The summed E-state index contributed by atoms with van der Waals surface area (Å²) in [5.74, 6) is -0.0272. The smallest absolute Gasteiger partial charge is 0.410 e. The van der Waals surface area contributed by atoms with Crippen molar-refractivity contribution in [3.8, 4) is 0 Å². The fourth-order valence-corrected chi connectivity index (χ4v) is 3.77. The fraction of sp³-hybridized carbons (Fsp3) is 0.600. The summed E-state index contributed by atoms with van der Waals surface area (Å²) < 4.78 is 5.47. The quantitative estimate of drug-likeness (QED) is 0.782. The van der Waals surface area contributed by atoms with Crippen molar-refractivity contribution in [2.24, 2.45) is 5.92 Å². The Morgan fingerprint density at radius 1 is 1.20 bits per heavy atom. The van der Waals surface area contributed by atoms with Crippen molar-refractivity contribution in [2.75, 3.05) is 18.0 Å². The zero-order valence-electron chi connectivity index (χ0n) is 15.6. The highest BCUT2D eigenvalue weighted by Crippen LogP contribution is 2.34. The van der Waals surface area contributed by atoms with Gasteiger partial charge in [0.05, 0.1) is 5.92 Å².